The summed E-state index contributed by atoms with van der Waals surface area (Å²) < 4.78 is 19.3. The van der Waals surface area contributed by atoms with Crippen LogP contribution in [-0.2, 0) is 21.7 Å². The smallest absolute Gasteiger partial charge is 0.262 e. The van der Waals surface area contributed by atoms with Crippen molar-refractivity contribution >= 4 is 19.7 Å². The van der Waals surface area contributed by atoms with Crippen LogP contribution in [0, 0.1) is 13.8 Å². The van der Waals surface area contributed by atoms with Crippen LogP contribution in [0.15, 0.2) is 48.8 Å². The fourth-order valence-corrected chi connectivity index (χ4v) is 2.68. The van der Waals surface area contributed by atoms with Crippen LogP contribution in [0.1, 0.15) is 42.1 Å². The van der Waals surface area contributed by atoms with Gasteiger partial charge in [0.1, 0.15) is 11.3 Å². The van der Waals surface area contributed by atoms with Crippen molar-refractivity contribution in [3.05, 3.63) is 71.2 Å². The summed E-state index contributed by atoms with van der Waals surface area (Å²) in [6.07, 6.45) is 2.04. The van der Waals surface area contributed by atoms with Crippen molar-refractivity contribution < 1.29 is 18.7 Å². The monoisotopic (exact) mass is 425 g/mol. The first-order valence-electron chi connectivity index (χ1n) is 10.1. The summed E-state index contributed by atoms with van der Waals surface area (Å²) in [4.78, 5) is 28.1. The molecule has 2 rings (SSSR count). The molecule has 2 amide bonds. The van der Waals surface area contributed by atoms with E-state index in [-0.39, 0.29) is 24.8 Å². The standard InChI is InChI=1S/C23H29BFN3O3/c1-15-5-8-19(11-16(15)2)31-14-22(30)28-17(3)6-10-21(29)27-13-18-7-9-20(26-12-18)23(4,24)25/h5,7-9,11-12H,3,6,10,13-14,24H2,1-2,4H3,(H,27,29)(H,28,30). The van der Waals surface area contributed by atoms with Gasteiger partial charge in [-0.2, -0.15) is 0 Å². The molecule has 0 saturated carbocycles. The van der Waals surface area contributed by atoms with Crippen LogP contribution in [0.3, 0.4) is 0 Å². The van der Waals surface area contributed by atoms with E-state index in [1.165, 1.54) is 14.8 Å². The second-order valence-corrected chi connectivity index (χ2v) is 7.99. The number of allylic oxidation sites excluding steroid dienone is 1. The average molecular weight is 425 g/mol. The number of nitrogens with one attached hydrogen (secondary N) is 2. The number of aromatic nitrogens is 1. The molecule has 8 heteroatoms. The predicted octanol–water partition coefficient (Wildman–Crippen LogP) is 2.58. The zero-order valence-electron chi connectivity index (χ0n) is 18.5. The Morgan fingerprint density at radius 2 is 1.90 bits per heavy atom. The molecule has 1 heterocycles. The third kappa shape index (κ3) is 8.24. The van der Waals surface area contributed by atoms with Crippen LogP contribution < -0.4 is 15.4 Å². The number of benzene rings is 1. The van der Waals surface area contributed by atoms with Crippen molar-refractivity contribution in [2.24, 2.45) is 0 Å². The maximum atomic E-state index is 13.8. The number of aryl methyl sites for hydroxylation is 2. The van der Waals surface area contributed by atoms with Gasteiger partial charge in [-0.1, -0.05) is 18.7 Å². The number of carbonyl (C=O) groups is 2. The lowest BCUT2D eigenvalue weighted by Crippen LogP contribution is -2.29. The van der Waals surface area contributed by atoms with Gasteiger partial charge in [-0.15, -0.1) is 0 Å². The van der Waals surface area contributed by atoms with Crippen molar-refractivity contribution in [3.8, 4) is 5.75 Å². The molecule has 1 aromatic carbocycles. The number of hydrogen-bond acceptors (Lipinski definition) is 4. The van der Waals surface area contributed by atoms with Gasteiger partial charge in [-0.05, 0) is 62.1 Å². The molecule has 31 heavy (non-hydrogen) atoms. The van der Waals surface area contributed by atoms with Gasteiger partial charge in [0.05, 0.1) is 5.69 Å². The van der Waals surface area contributed by atoms with E-state index in [1.54, 1.807) is 18.3 Å². The zero-order valence-corrected chi connectivity index (χ0v) is 18.5. The van der Waals surface area contributed by atoms with Crippen molar-refractivity contribution in [3.63, 3.8) is 0 Å². The van der Waals surface area contributed by atoms with Gasteiger partial charge in [-0.3, -0.25) is 14.6 Å². The van der Waals surface area contributed by atoms with Gasteiger partial charge in [-0.25, -0.2) is 4.39 Å². The Balaban J connectivity index is 1.67. The topological polar surface area (TPSA) is 80.3 Å². The number of pyridine rings is 1. The van der Waals surface area contributed by atoms with E-state index in [4.69, 9.17) is 4.74 Å². The molecule has 0 fully saturated rings. The molecule has 0 saturated heterocycles. The molecule has 0 radical (unpaired) electrons. The second kappa shape index (κ2) is 10.7. The fourth-order valence-electron chi connectivity index (χ4n) is 2.68. The van der Waals surface area contributed by atoms with Crippen molar-refractivity contribution in [1.29, 1.82) is 0 Å². The zero-order chi connectivity index (χ0) is 23.0. The number of alkyl halides is 1. The Kier molecular flexibility index (Phi) is 8.36. The Morgan fingerprint density at radius 3 is 2.52 bits per heavy atom. The van der Waals surface area contributed by atoms with Gasteiger partial charge in [0.2, 0.25) is 5.91 Å². The van der Waals surface area contributed by atoms with Crippen LogP contribution in [0.25, 0.3) is 0 Å². The molecule has 1 unspecified atom stereocenters. The van der Waals surface area contributed by atoms with Crippen molar-refractivity contribution in [1.82, 2.24) is 15.6 Å². The van der Waals surface area contributed by atoms with E-state index in [0.29, 0.717) is 30.1 Å². The molecule has 164 valence electrons. The highest BCUT2D eigenvalue weighted by molar-refractivity contribution is 6.14. The van der Waals surface area contributed by atoms with Crippen molar-refractivity contribution in [2.45, 2.75) is 45.7 Å². The minimum absolute atomic E-state index is 0.133. The minimum Gasteiger partial charge on any atom is -0.484 e. The molecule has 6 nitrogen and oxygen atoms in total. The van der Waals surface area contributed by atoms with E-state index >= 15 is 0 Å². The number of carbonyl (C=O) groups excluding carboxylic acids is 2. The molecule has 1 aromatic heterocycles. The SMILES string of the molecule is BC(C)(F)c1ccc(CNC(=O)CCC(=C)NC(=O)COc2ccc(C)c(C)c2)cn1. The summed E-state index contributed by atoms with van der Waals surface area (Å²) in [5.74, 6) is 0.114. The third-order valence-corrected chi connectivity index (χ3v) is 4.74. The third-order valence-electron chi connectivity index (χ3n) is 4.74. The number of nitrogens with zero attached hydrogens (tertiary/aromatic N) is 1. The van der Waals surface area contributed by atoms with E-state index in [0.717, 1.165) is 16.7 Å². The van der Waals surface area contributed by atoms with Gasteiger partial charge < -0.3 is 15.4 Å². The number of rotatable bonds is 10. The first-order valence-corrected chi connectivity index (χ1v) is 10.1. The first-order chi connectivity index (χ1) is 14.5. The fraction of sp³-hybridized carbons (Fsp3) is 0.348. The Hall–Kier alpha value is -3.16. The van der Waals surface area contributed by atoms with Gasteiger partial charge >= 0.3 is 0 Å². The molecule has 2 aromatic rings. The van der Waals surface area contributed by atoms with Crippen LogP contribution in [0.4, 0.5) is 4.39 Å². The number of hydrogen-bond donors (Lipinski definition) is 2. The number of amides is 2. The summed E-state index contributed by atoms with van der Waals surface area (Å²) >= 11 is 0. The Bertz CT molecular complexity index is 940. The quantitative estimate of drug-likeness (QED) is 0.574. The lowest BCUT2D eigenvalue weighted by atomic mass is 9.82. The summed E-state index contributed by atoms with van der Waals surface area (Å²) in [5, 5.41) is 5.41. The van der Waals surface area contributed by atoms with Crippen LogP contribution in [0.5, 0.6) is 5.75 Å². The highest BCUT2D eigenvalue weighted by atomic mass is 19.1. The molecular formula is C23H29BFN3O3. The Morgan fingerprint density at radius 1 is 1.16 bits per heavy atom. The second-order valence-electron chi connectivity index (χ2n) is 7.99. The van der Waals surface area contributed by atoms with Crippen LogP contribution in [0.2, 0.25) is 0 Å². The Labute approximate surface area is 183 Å². The molecule has 1 atom stereocenters. The van der Waals surface area contributed by atoms with E-state index in [1.807, 2.05) is 32.0 Å². The molecule has 0 bridgehead atoms. The minimum atomic E-state index is -1.50. The molecule has 0 aliphatic rings. The van der Waals surface area contributed by atoms with E-state index in [2.05, 4.69) is 22.2 Å². The highest BCUT2D eigenvalue weighted by Gasteiger charge is 2.19. The summed E-state index contributed by atoms with van der Waals surface area (Å²) in [6, 6.07) is 8.98. The van der Waals surface area contributed by atoms with E-state index in [9.17, 15) is 14.0 Å². The van der Waals surface area contributed by atoms with Gasteiger partial charge in [0, 0.05) is 24.9 Å². The number of ether oxygens (including phenoxy) is 1. The molecule has 0 aliphatic carbocycles. The molecular weight excluding hydrogens is 396 g/mol. The molecule has 0 aliphatic heterocycles. The average Bonchev–Trinajstić information content (AvgIpc) is 2.71. The summed E-state index contributed by atoms with van der Waals surface area (Å²) in [6.45, 7) is 9.37. The van der Waals surface area contributed by atoms with E-state index < -0.39 is 5.57 Å². The van der Waals surface area contributed by atoms with Crippen LogP contribution in [-0.4, -0.2) is 31.3 Å². The number of halogens is 1. The van der Waals surface area contributed by atoms with Crippen LogP contribution >= 0.6 is 0 Å². The maximum absolute atomic E-state index is 13.8. The largest absolute Gasteiger partial charge is 0.484 e. The maximum Gasteiger partial charge on any atom is 0.262 e. The lowest BCUT2D eigenvalue weighted by Gasteiger charge is -2.14. The molecule has 2 N–H and O–H groups in total. The summed E-state index contributed by atoms with van der Waals surface area (Å²) in [5.41, 5.74) is 2.30. The first kappa shape index (κ1) is 24.1. The van der Waals surface area contributed by atoms with Gasteiger partial charge in [0.15, 0.2) is 14.5 Å². The highest BCUT2D eigenvalue weighted by Crippen LogP contribution is 2.19. The van der Waals surface area contributed by atoms with Gasteiger partial charge in [0.25, 0.3) is 5.91 Å². The summed E-state index contributed by atoms with van der Waals surface area (Å²) in [7, 11) is 1.44. The normalized spacial score (nSPS) is 12.5. The van der Waals surface area contributed by atoms with Crippen molar-refractivity contribution in [2.75, 3.05) is 6.61 Å². The predicted molar refractivity (Wildman–Crippen MR) is 121 cm³/mol. The lowest BCUT2D eigenvalue weighted by molar-refractivity contribution is -0.123. The molecule has 0 spiro atoms.